The highest BCUT2D eigenvalue weighted by Gasteiger charge is 2.35. The molecule has 0 aromatic carbocycles. The third-order valence-electron chi connectivity index (χ3n) is 2.74. The summed E-state index contributed by atoms with van der Waals surface area (Å²) >= 11 is 3.25. The Kier molecular flexibility index (Phi) is 5.47. The smallest absolute Gasteiger partial charge is 0.331 e. The number of aromatic nitrogens is 1. The van der Waals surface area contributed by atoms with Crippen LogP contribution in [-0.2, 0) is 9.53 Å². The van der Waals surface area contributed by atoms with Gasteiger partial charge in [-0.1, -0.05) is 13.3 Å². The van der Waals surface area contributed by atoms with Crippen molar-refractivity contribution in [1.82, 2.24) is 10.3 Å². The van der Waals surface area contributed by atoms with Crippen molar-refractivity contribution in [3.8, 4) is 0 Å². The lowest BCUT2D eigenvalue weighted by Gasteiger charge is -2.27. The van der Waals surface area contributed by atoms with Crippen molar-refractivity contribution in [3.05, 3.63) is 28.5 Å². The molecule has 1 atom stereocenters. The molecule has 0 aliphatic carbocycles. The number of hydrogen-bond acceptors (Lipinski definition) is 4. The van der Waals surface area contributed by atoms with Gasteiger partial charge >= 0.3 is 5.97 Å². The largest absolute Gasteiger partial charge is 0.467 e. The van der Waals surface area contributed by atoms with Gasteiger partial charge in [0.05, 0.1) is 12.7 Å². The monoisotopic (exact) mass is 328 g/mol. The zero-order valence-electron chi connectivity index (χ0n) is 11.2. The highest BCUT2D eigenvalue weighted by Crippen LogP contribution is 2.16. The van der Waals surface area contributed by atoms with Gasteiger partial charge < -0.3 is 10.1 Å². The number of rotatable bonds is 5. The first-order valence-corrected chi connectivity index (χ1v) is 6.73. The van der Waals surface area contributed by atoms with Crippen LogP contribution >= 0.6 is 15.9 Å². The van der Waals surface area contributed by atoms with E-state index in [1.54, 1.807) is 19.2 Å². The van der Waals surface area contributed by atoms with Crippen molar-refractivity contribution in [1.29, 1.82) is 0 Å². The lowest BCUT2D eigenvalue weighted by molar-refractivity contribution is -0.147. The van der Waals surface area contributed by atoms with E-state index in [1.807, 2.05) is 6.92 Å². The molecule has 6 heteroatoms. The molecule has 1 aromatic rings. The fourth-order valence-corrected chi connectivity index (χ4v) is 2.16. The molecule has 1 rings (SSSR count). The van der Waals surface area contributed by atoms with Crippen molar-refractivity contribution in [3.63, 3.8) is 0 Å². The van der Waals surface area contributed by atoms with Crippen LogP contribution in [0.2, 0.25) is 0 Å². The zero-order chi connectivity index (χ0) is 14.5. The molecule has 0 aliphatic rings. The maximum Gasteiger partial charge on any atom is 0.331 e. The molecule has 1 amide bonds. The van der Waals surface area contributed by atoms with E-state index < -0.39 is 11.5 Å². The van der Waals surface area contributed by atoms with Crippen LogP contribution in [0.15, 0.2) is 22.9 Å². The number of carbonyl (C=O) groups is 2. The predicted molar refractivity (Wildman–Crippen MR) is 74.7 cm³/mol. The van der Waals surface area contributed by atoms with E-state index in [4.69, 9.17) is 4.74 Å². The second-order valence-corrected chi connectivity index (χ2v) is 5.34. The van der Waals surface area contributed by atoms with Gasteiger partial charge in [0, 0.05) is 16.9 Å². The Hall–Kier alpha value is -1.43. The number of nitrogens with one attached hydrogen (secondary N) is 1. The second kappa shape index (κ2) is 6.65. The summed E-state index contributed by atoms with van der Waals surface area (Å²) in [6, 6.07) is 1.64. The Morgan fingerprint density at radius 3 is 2.68 bits per heavy atom. The second-order valence-electron chi connectivity index (χ2n) is 4.42. The van der Waals surface area contributed by atoms with Crippen molar-refractivity contribution >= 4 is 27.8 Å². The van der Waals surface area contributed by atoms with E-state index >= 15 is 0 Å². The molecule has 0 saturated carbocycles. The number of pyridine rings is 1. The van der Waals surface area contributed by atoms with E-state index in [9.17, 15) is 9.59 Å². The van der Waals surface area contributed by atoms with Crippen molar-refractivity contribution in [2.24, 2.45) is 0 Å². The number of ether oxygens (including phenoxy) is 1. The molecule has 104 valence electrons. The molecule has 1 unspecified atom stereocenters. The number of esters is 1. The molecule has 0 fully saturated rings. The van der Waals surface area contributed by atoms with Crippen molar-refractivity contribution < 1.29 is 14.3 Å². The third-order valence-corrected chi connectivity index (χ3v) is 3.18. The molecular weight excluding hydrogens is 312 g/mol. The quantitative estimate of drug-likeness (QED) is 0.842. The van der Waals surface area contributed by atoms with Gasteiger partial charge in [0.2, 0.25) is 0 Å². The first-order chi connectivity index (χ1) is 8.92. The fourth-order valence-electron chi connectivity index (χ4n) is 1.80. The van der Waals surface area contributed by atoms with Crippen LogP contribution in [0.25, 0.3) is 0 Å². The Labute approximate surface area is 120 Å². The SMILES string of the molecule is CCCC(C)(NC(=O)c1cncc(Br)c1)C(=O)OC. The Morgan fingerprint density at radius 1 is 1.47 bits per heavy atom. The van der Waals surface area contributed by atoms with Crippen LogP contribution in [0.4, 0.5) is 0 Å². The standard InChI is InChI=1S/C13H17BrN2O3/c1-4-5-13(2,12(18)19-3)16-11(17)9-6-10(14)8-15-7-9/h6-8H,4-5H2,1-3H3,(H,16,17). The molecule has 0 radical (unpaired) electrons. The topological polar surface area (TPSA) is 68.3 Å². The first kappa shape index (κ1) is 15.6. The molecule has 0 aliphatic heterocycles. The van der Waals surface area contributed by atoms with Crippen LogP contribution in [0.5, 0.6) is 0 Å². The number of halogens is 1. The highest BCUT2D eigenvalue weighted by molar-refractivity contribution is 9.10. The molecule has 0 spiro atoms. The third kappa shape index (κ3) is 4.02. The summed E-state index contributed by atoms with van der Waals surface area (Å²) in [5.41, 5.74) is -0.635. The van der Waals surface area contributed by atoms with Gasteiger partial charge in [0.25, 0.3) is 5.91 Å². The van der Waals surface area contributed by atoms with E-state index in [-0.39, 0.29) is 5.91 Å². The van der Waals surface area contributed by atoms with Crippen molar-refractivity contribution in [2.75, 3.05) is 7.11 Å². The van der Waals surface area contributed by atoms with Crippen LogP contribution in [0.1, 0.15) is 37.0 Å². The maximum absolute atomic E-state index is 12.1. The number of amides is 1. The van der Waals surface area contributed by atoms with E-state index in [0.717, 1.165) is 6.42 Å². The number of carbonyl (C=O) groups excluding carboxylic acids is 2. The van der Waals surface area contributed by atoms with Crippen LogP contribution in [0, 0.1) is 0 Å². The lowest BCUT2D eigenvalue weighted by atomic mass is 9.95. The molecule has 0 saturated heterocycles. The van der Waals surface area contributed by atoms with Gasteiger partial charge in [-0.2, -0.15) is 0 Å². The van der Waals surface area contributed by atoms with E-state index in [2.05, 4.69) is 26.2 Å². The summed E-state index contributed by atoms with van der Waals surface area (Å²) in [5, 5.41) is 2.71. The number of nitrogens with zero attached hydrogens (tertiary/aromatic N) is 1. The average molecular weight is 329 g/mol. The van der Waals surface area contributed by atoms with Gasteiger partial charge in [-0.25, -0.2) is 4.79 Å². The summed E-state index contributed by atoms with van der Waals surface area (Å²) in [5.74, 6) is -0.805. The minimum atomic E-state index is -1.02. The molecule has 1 N–H and O–H groups in total. The minimum Gasteiger partial charge on any atom is -0.467 e. The molecule has 1 heterocycles. The Morgan fingerprint density at radius 2 is 2.16 bits per heavy atom. The Balaban J connectivity index is 2.91. The normalized spacial score (nSPS) is 13.5. The highest BCUT2D eigenvalue weighted by atomic mass is 79.9. The summed E-state index contributed by atoms with van der Waals surface area (Å²) in [6.45, 7) is 3.60. The lowest BCUT2D eigenvalue weighted by Crippen LogP contribution is -2.52. The van der Waals surface area contributed by atoms with Crippen LogP contribution in [0.3, 0.4) is 0 Å². The van der Waals surface area contributed by atoms with E-state index in [1.165, 1.54) is 13.3 Å². The first-order valence-electron chi connectivity index (χ1n) is 5.94. The van der Waals surface area contributed by atoms with Gasteiger partial charge in [-0.05, 0) is 35.3 Å². The zero-order valence-corrected chi connectivity index (χ0v) is 12.8. The number of methoxy groups -OCH3 is 1. The summed E-state index contributed by atoms with van der Waals surface area (Å²) in [7, 11) is 1.31. The molecule has 1 aromatic heterocycles. The van der Waals surface area contributed by atoms with Gasteiger partial charge in [0.15, 0.2) is 0 Å². The average Bonchev–Trinajstić information content (AvgIpc) is 2.37. The van der Waals surface area contributed by atoms with Crippen molar-refractivity contribution in [2.45, 2.75) is 32.2 Å². The molecular formula is C13H17BrN2O3. The molecule has 19 heavy (non-hydrogen) atoms. The predicted octanol–water partition coefficient (Wildman–Crippen LogP) is 2.31. The summed E-state index contributed by atoms with van der Waals surface area (Å²) in [4.78, 5) is 27.8. The van der Waals surface area contributed by atoms with Gasteiger partial charge in [0.1, 0.15) is 5.54 Å². The molecule has 0 bridgehead atoms. The van der Waals surface area contributed by atoms with Crippen LogP contribution < -0.4 is 5.32 Å². The van der Waals surface area contributed by atoms with Gasteiger partial charge in [-0.15, -0.1) is 0 Å². The van der Waals surface area contributed by atoms with Crippen LogP contribution in [-0.4, -0.2) is 29.5 Å². The molecule has 5 nitrogen and oxygen atoms in total. The van der Waals surface area contributed by atoms with E-state index in [0.29, 0.717) is 16.5 Å². The summed E-state index contributed by atoms with van der Waals surface area (Å²) in [6.07, 6.45) is 4.29. The Bertz CT molecular complexity index is 479. The van der Waals surface area contributed by atoms with Gasteiger partial charge in [-0.3, -0.25) is 9.78 Å². The minimum absolute atomic E-state index is 0.352. The fraction of sp³-hybridized carbons (Fsp3) is 0.462. The maximum atomic E-state index is 12.1. The summed E-state index contributed by atoms with van der Waals surface area (Å²) < 4.78 is 5.45. The number of hydrogen-bond donors (Lipinski definition) is 1.